The van der Waals surface area contributed by atoms with Crippen LogP contribution in [0, 0.1) is 0 Å². The number of nitrogens with two attached hydrogens (primary N) is 1. The standard InChI is InChI=1S/C7H7N3O/c8-11-6-2-1-5-4-9-10-7(5)3-6/h1-4H,8H2,(H,9,10). The van der Waals surface area contributed by atoms with E-state index in [1.807, 2.05) is 6.07 Å². The summed E-state index contributed by atoms with van der Waals surface area (Å²) in [4.78, 5) is 4.54. The van der Waals surface area contributed by atoms with Crippen LogP contribution < -0.4 is 10.7 Å². The first kappa shape index (κ1) is 6.18. The van der Waals surface area contributed by atoms with Gasteiger partial charge >= 0.3 is 0 Å². The van der Waals surface area contributed by atoms with Gasteiger partial charge in [-0.15, -0.1) is 0 Å². The molecular weight excluding hydrogens is 142 g/mol. The number of benzene rings is 1. The maximum atomic E-state index is 4.98. The van der Waals surface area contributed by atoms with Gasteiger partial charge in [-0.25, -0.2) is 0 Å². The van der Waals surface area contributed by atoms with Crippen LogP contribution in [0.2, 0.25) is 0 Å². The molecule has 0 aliphatic carbocycles. The lowest BCUT2D eigenvalue weighted by Crippen LogP contribution is -2.00. The summed E-state index contributed by atoms with van der Waals surface area (Å²) >= 11 is 0. The number of nitrogens with zero attached hydrogens (tertiary/aromatic N) is 1. The third kappa shape index (κ3) is 0.929. The molecule has 2 aromatic rings. The number of nitrogens with one attached hydrogen (secondary N) is 1. The Kier molecular flexibility index (Phi) is 1.26. The van der Waals surface area contributed by atoms with Crippen LogP contribution in [0.3, 0.4) is 0 Å². The van der Waals surface area contributed by atoms with E-state index in [1.54, 1.807) is 18.3 Å². The van der Waals surface area contributed by atoms with Gasteiger partial charge in [-0.05, 0) is 12.1 Å². The van der Waals surface area contributed by atoms with Crippen LogP contribution >= 0.6 is 0 Å². The van der Waals surface area contributed by atoms with Gasteiger partial charge in [0.25, 0.3) is 0 Å². The zero-order chi connectivity index (χ0) is 7.68. The average Bonchev–Trinajstić information content (AvgIpc) is 2.50. The van der Waals surface area contributed by atoms with Gasteiger partial charge in [0.05, 0.1) is 11.7 Å². The number of aromatic nitrogens is 2. The van der Waals surface area contributed by atoms with Crippen molar-refractivity contribution in [3.8, 4) is 5.75 Å². The second-order valence-corrected chi connectivity index (χ2v) is 2.24. The molecule has 0 radical (unpaired) electrons. The van der Waals surface area contributed by atoms with E-state index < -0.39 is 0 Å². The molecule has 0 saturated heterocycles. The van der Waals surface area contributed by atoms with Crippen molar-refractivity contribution < 1.29 is 4.84 Å². The molecule has 56 valence electrons. The highest BCUT2D eigenvalue weighted by molar-refractivity contribution is 5.79. The van der Waals surface area contributed by atoms with Gasteiger partial charge in [0.1, 0.15) is 5.75 Å². The predicted octanol–water partition coefficient (Wildman–Crippen LogP) is 0.815. The maximum Gasteiger partial charge on any atom is 0.149 e. The molecule has 0 atom stereocenters. The molecular formula is C7H7N3O. The monoisotopic (exact) mass is 149 g/mol. The molecule has 0 spiro atoms. The number of H-pyrrole nitrogens is 1. The summed E-state index contributed by atoms with van der Waals surface area (Å²) < 4.78 is 0. The molecule has 4 heteroatoms. The molecule has 4 nitrogen and oxygen atoms in total. The van der Waals surface area contributed by atoms with Crippen molar-refractivity contribution in [2.24, 2.45) is 5.90 Å². The summed E-state index contributed by atoms with van der Waals surface area (Å²) in [6.07, 6.45) is 1.75. The number of fused-ring (bicyclic) bond motifs is 1. The molecule has 0 bridgehead atoms. The van der Waals surface area contributed by atoms with Gasteiger partial charge < -0.3 is 4.84 Å². The molecule has 1 aromatic heterocycles. The summed E-state index contributed by atoms with van der Waals surface area (Å²) in [6, 6.07) is 5.47. The molecule has 1 aromatic carbocycles. The lowest BCUT2D eigenvalue weighted by atomic mass is 10.2. The highest BCUT2D eigenvalue weighted by atomic mass is 16.6. The topological polar surface area (TPSA) is 63.9 Å². The van der Waals surface area contributed by atoms with Crippen LogP contribution in [0.4, 0.5) is 0 Å². The van der Waals surface area contributed by atoms with E-state index in [0.29, 0.717) is 5.75 Å². The van der Waals surface area contributed by atoms with E-state index in [4.69, 9.17) is 5.90 Å². The van der Waals surface area contributed by atoms with Crippen molar-refractivity contribution in [1.82, 2.24) is 10.2 Å². The summed E-state index contributed by atoms with van der Waals surface area (Å²) in [7, 11) is 0. The summed E-state index contributed by atoms with van der Waals surface area (Å²) in [5, 5.41) is 7.71. The van der Waals surface area contributed by atoms with Gasteiger partial charge in [0.15, 0.2) is 0 Å². The van der Waals surface area contributed by atoms with Crippen LogP contribution in [0.15, 0.2) is 24.4 Å². The van der Waals surface area contributed by atoms with Crippen molar-refractivity contribution in [1.29, 1.82) is 0 Å². The maximum absolute atomic E-state index is 4.98. The van der Waals surface area contributed by atoms with Gasteiger partial charge in [-0.2, -0.15) is 11.0 Å². The van der Waals surface area contributed by atoms with Gasteiger partial charge in [-0.1, -0.05) is 0 Å². The quantitative estimate of drug-likeness (QED) is 0.590. The van der Waals surface area contributed by atoms with E-state index >= 15 is 0 Å². The summed E-state index contributed by atoms with van der Waals surface area (Å²) in [5.74, 6) is 5.60. The molecule has 0 unspecified atom stereocenters. The van der Waals surface area contributed by atoms with Gasteiger partial charge in [0.2, 0.25) is 0 Å². The average molecular weight is 149 g/mol. The third-order valence-electron chi connectivity index (χ3n) is 1.55. The SMILES string of the molecule is NOc1ccc2cn[nH]c2c1. The summed E-state index contributed by atoms with van der Waals surface area (Å²) in [5.41, 5.74) is 0.924. The first-order valence-electron chi connectivity index (χ1n) is 3.20. The molecule has 2 rings (SSSR count). The minimum atomic E-state index is 0.627. The Morgan fingerprint density at radius 3 is 3.18 bits per heavy atom. The third-order valence-corrected chi connectivity index (χ3v) is 1.55. The van der Waals surface area contributed by atoms with E-state index in [-0.39, 0.29) is 0 Å². The highest BCUT2D eigenvalue weighted by Crippen LogP contribution is 2.16. The molecule has 0 fully saturated rings. The number of rotatable bonds is 1. The fourth-order valence-corrected chi connectivity index (χ4v) is 0.989. The molecule has 1 heterocycles. The van der Waals surface area contributed by atoms with Crippen molar-refractivity contribution in [2.75, 3.05) is 0 Å². The Balaban J connectivity index is 2.67. The second kappa shape index (κ2) is 2.25. The zero-order valence-corrected chi connectivity index (χ0v) is 5.74. The minimum Gasteiger partial charge on any atom is -0.411 e. The van der Waals surface area contributed by atoms with Gasteiger partial charge in [-0.3, -0.25) is 5.10 Å². The Hall–Kier alpha value is -1.55. The smallest absolute Gasteiger partial charge is 0.149 e. The second-order valence-electron chi connectivity index (χ2n) is 2.24. The van der Waals surface area contributed by atoms with Crippen LogP contribution in [0.5, 0.6) is 5.75 Å². The van der Waals surface area contributed by atoms with Gasteiger partial charge in [0, 0.05) is 11.5 Å². The fourth-order valence-electron chi connectivity index (χ4n) is 0.989. The predicted molar refractivity (Wildman–Crippen MR) is 40.9 cm³/mol. The first-order chi connectivity index (χ1) is 5.40. The Morgan fingerprint density at radius 1 is 1.45 bits per heavy atom. The highest BCUT2D eigenvalue weighted by Gasteiger charge is 1.96. The Bertz CT molecular complexity index is 368. The van der Waals surface area contributed by atoms with Crippen LogP contribution in [0.25, 0.3) is 10.9 Å². The molecule has 0 amide bonds. The molecule has 11 heavy (non-hydrogen) atoms. The van der Waals surface area contributed by atoms with E-state index in [1.165, 1.54) is 0 Å². The first-order valence-corrected chi connectivity index (χ1v) is 3.20. The minimum absolute atomic E-state index is 0.627. The van der Waals surface area contributed by atoms with Crippen LogP contribution in [-0.4, -0.2) is 10.2 Å². The Labute approximate surface area is 62.9 Å². The van der Waals surface area contributed by atoms with Crippen molar-refractivity contribution in [3.63, 3.8) is 0 Å². The number of aromatic amines is 1. The lowest BCUT2D eigenvalue weighted by molar-refractivity contribution is 0.335. The number of hydrogen-bond donors (Lipinski definition) is 2. The van der Waals surface area contributed by atoms with E-state index in [0.717, 1.165) is 10.9 Å². The zero-order valence-electron chi connectivity index (χ0n) is 5.74. The summed E-state index contributed by atoms with van der Waals surface area (Å²) in [6.45, 7) is 0. The molecule has 3 N–H and O–H groups in total. The van der Waals surface area contributed by atoms with Crippen LogP contribution in [0.1, 0.15) is 0 Å². The fraction of sp³-hybridized carbons (Fsp3) is 0. The van der Waals surface area contributed by atoms with Crippen molar-refractivity contribution in [2.45, 2.75) is 0 Å². The molecule has 0 aliphatic heterocycles. The molecule has 0 aliphatic rings. The largest absolute Gasteiger partial charge is 0.411 e. The Morgan fingerprint density at radius 2 is 2.36 bits per heavy atom. The van der Waals surface area contributed by atoms with Crippen LogP contribution in [-0.2, 0) is 0 Å². The van der Waals surface area contributed by atoms with E-state index in [2.05, 4.69) is 15.0 Å². The number of hydrogen-bond acceptors (Lipinski definition) is 3. The lowest BCUT2D eigenvalue weighted by Gasteiger charge is -1.95. The van der Waals surface area contributed by atoms with Crippen molar-refractivity contribution >= 4 is 10.9 Å². The normalized spacial score (nSPS) is 10.3. The molecule has 0 saturated carbocycles. The van der Waals surface area contributed by atoms with Crippen molar-refractivity contribution in [3.05, 3.63) is 24.4 Å². The van der Waals surface area contributed by atoms with E-state index in [9.17, 15) is 0 Å².